The summed E-state index contributed by atoms with van der Waals surface area (Å²) in [6, 6.07) is 13.9. The van der Waals surface area contributed by atoms with Gasteiger partial charge in [-0.3, -0.25) is 9.69 Å². The van der Waals surface area contributed by atoms with Gasteiger partial charge in [-0.05, 0) is 30.8 Å². The van der Waals surface area contributed by atoms with Crippen molar-refractivity contribution in [2.24, 2.45) is 0 Å². The van der Waals surface area contributed by atoms with E-state index in [1.807, 2.05) is 18.2 Å². The number of nitrogens with zero attached hydrogens (tertiary/aromatic N) is 1. The number of aromatic nitrogens is 1. The molecule has 0 fully saturated rings. The van der Waals surface area contributed by atoms with Crippen molar-refractivity contribution in [3.63, 3.8) is 0 Å². The zero-order chi connectivity index (χ0) is 16.7. The van der Waals surface area contributed by atoms with Gasteiger partial charge in [0.2, 0.25) is 0 Å². The van der Waals surface area contributed by atoms with Gasteiger partial charge in [-0.1, -0.05) is 56.4 Å². The van der Waals surface area contributed by atoms with Gasteiger partial charge in [0.25, 0.3) is 5.91 Å². The van der Waals surface area contributed by atoms with Crippen LogP contribution < -0.4 is 5.32 Å². The van der Waals surface area contributed by atoms with Gasteiger partial charge in [0.1, 0.15) is 4.64 Å². The smallest absolute Gasteiger partial charge is 0.254 e. The molecule has 0 unspecified atom stereocenters. The minimum Gasteiger partial charge on any atom is -0.352 e. The standard InChI is InChI=1S/C18H23N3OS/c1-3-21(4-2)16(14-9-6-5-7-10-14)13-20-17(22)15-11-8-12-19-18(15)23/h5-12,16H,3-4,13H2,1-2H3,(H,19,23)(H,20,22)/t16-/m1/s1. The molecule has 2 N–H and O–H groups in total. The topological polar surface area (TPSA) is 48.1 Å². The molecule has 1 atom stereocenters. The van der Waals surface area contributed by atoms with E-state index in [-0.39, 0.29) is 11.9 Å². The lowest BCUT2D eigenvalue weighted by molar-refractivity contribution is 0.0934. The Morgan fingerprint density at radius 1 is 1.17 bits per heavy atom. The van der Waals surface area contributed by atoms with Crippen LogP contribution in [-0.2, 0) is 0 Å². The summed E-state index contributed by atoms with van der Waals surface area (Å²) >= 11 is 5.17. The molecule has 0 saturated carbocycles. The second-order valence-corrected chi connectivity index (χ2v) is 5.68. The van der Waals surface area contributed by atoms with Gasteiger partial charge in [0.05, 0.1) is 11.6 Å². The number of hydrogen-bond acceptors (Lipinski definition) is 3. The molecule has 23 heavy (non-hydrogen) atoms. The summed E-state index contributed by atoms with van der Waals surface area (Å²) in [7, 11) is 0. The van der Waals surface area contributed by atoms with Crippen molar-refractivity contribution in [2.75, 3.05) is 19.6 Å². The van der Waals surface area contributed by atoms with Gasteiger partial charge >= 0.3 is 0 Å². The molecule has 0 bridgehead atoms. The molecule has 0 spiro atoms. The lowest BCUT2D eigenvalue weighted by Gasteiger charge is -2.30. The molecule has 2 aromatic rings. The van der Waals surface area contributed by atoms with Crippen LogP contribution in [0.5, 0.6) is 0 Å². The lowest BCUT2D eigenvalue weighted by Crippen LogP contribution is -2.38. The predicted molar refractivity (Wildman–Crippen MR) is 96.1 cm³/mol. The van der Waals surface area contributed by atoms with Gasteiger partial charge in [-0.2, -0.15) is 0 Å². The number of benzene rings is 1. The fourth-order valence-corrected chi connectivity index (χ4v) is 2.91. The number of hydrogen-bond donors (Lipinski definition) is 2. The van der Waals surface area contributed by atoms with Crippen LogP contribution in [0.25, 0.3) is 0 Å². The number of nitrogens with one attached hydrogen (secondary N) is 2. The Morgan fingerprint density at radius 3 is 2.48 bits per heavy atom. The van der Waals surface area contributed by atoms with E-state index < -0.39 is 0 Å². The molecule has 1 aromatic carbocycles. The minimum atomic E-state index is -0.139. The van der Waals surface area contributed by atoms with E-state index in [9.17, 15) is 4.79 Å². The molecular formula is C18H23N3OS. The maximum atomic E-state index is 12.4. The van der Waals surface area contributed by atoms with Gasteiger partial charge in [-0.25, -0.2) is 0 Å². The first kappa shape index (κ1) is 17.4. The molecule has 0 aliphatic heterocycles. The Balaban J connectivity index is 2.14. The normalized spacial score (nSPS) is 12.1. The quantitative estimate of drug-likeness (QED) is 0.764. The first-order valence-electron chi connectivity index (χ1n) is 7.92. The van der Waals surface area contributed by atoms with Crippen LogP contribution in [0.1, 0.15) is 35.8 Å². The van der Waals surface area contributed by atoms with E-state index in [2.05, 4.69) is 41.2 Å². The number of pyridine rings is 1. The molecule has 5 heteroatoms. The predicted octanol–water partition coefficient (Wildman–Crippen LogP) is 3.56. The summed E-state index contributed by atoms with van der Waals surface area (Å²) in [5, 5.41) is 3.02. The number of carbonyl (C=O) groups is 1. The SMILES string of the molecule is CCN(CC)[C@H](CNC(=O)c1ccc[nH]c1=S)c1ccccc1. The largest absolute Gasteiger partial charge is 0.352 e. The molecule has 1 aromatic heterocycles. The highest BCUT2D eigenvalue weighted by atomic mass is 32.1. The monoisotopic (exact) mass is 329 g/mol. The maximum Gasteiger partial charge on any atom is 0.254 e. The number of aromatic amines is 1. The second-order valence-electron chi connectivity index (χ2n) is 5.27. The lowest BCUT2D eigenvalue weighted by atomic mass is 10.0. The molecule has 0 aliphatic carbocycles. The second kappa shape index (κ2) is 8.60. The summed E-state index contributed by atoms with van der Waals surface area (Å²) in [6.45, 7) is 6.67. The van der Waals surface area contributed by atoms with Crippen LogP contribution in [0.3, 0.4) is 0 Å². The summed E-state index contributed by atoms with van der Waals surface area (Å²) in [5.74, 6) is -0.139. The Hall–Kier alpha value is -1.98. The highest BCUT2D eigenvalue weighted by Crippen LogP contribution is 2.19. The van der Waals surface area contributed by atoms with Crippen molar-refractivity contribution in [3.05, 3.63) is 64.4 Å². The van der Waals surface area contributed by atoms with E-state index in [1.54, 1.807) is 18.3 Å². The van der Waals surface area contributed by atoms with Crippen molar-refractivity contribution >= 4 is 18.1 Å². The van der Waals surface area contributed by atoms with Crippen LogP contribution >= 0.6 is 12.2 Å². The molecule has 0 saturated heterocycles. The Bertz CT molecular complexity index is 680. The first-order chi connectivity index (χ1) is 11.2. The van der Waals surface area contributed by atoms with E-state index in [0.717, 1.165) is 13.1 Å². The third-order valence-electron chi connectivity index (χ3n) is 3.96. The fourth-order valence-electron chi connectivity index (χ4n) is 2.68. The van der Waals surface area contributed by atoms with Crippen molar-refractivity contribution in [2.45, 2.75) is 19.9 Å². The number of amides is 1. The van der Waals surface area contributed by atoms with E-state index in [0.29, 0.717) is 16.7 Å². The van der Waals surface area contributed by atoms with Gasteiger partial charge in [-0.15, -0.1) is 0 Å². The molecule has 122 valence electrons. The van der Waals surface area contributed by atoms with Crippen LogP contribution in [-0.4, -0.2) is 35.4 Å². The van der Waals surface area contributed by atoms with Gasteiger partial charge < -0.3 is 10.3 Å². The first-order valence-corrected chi connectivity index (χ1v) is 8.33. The molecule has 1 heterocycles. The van der Waals surface area contributed by atoms with Crippen molar-refractivity contribution in [1.82, 2.24) is 15.2 Å². The zero-order valence-corrected chi connectivity index (χ0v) is 14.4. The van der Waals surface area contributed by atoms with Gasteiger partial charge in [0.15, 0.2) is 0 Å². The minimum absolute atomic E-state index is 0.139. The Morgan fingerprint density at radius 2 is 1.87 bits per heavy atom. The average Bonchev–Trinajstić information content (AvgIpc) is 2.59. The number of likely N-dealkylation sites (N-methyl/N-ethyl adjacent to an activating group) is 1. The van der Waals surface area contributed by atoms with E-state index in [1.165, 1.54) is 5.56 Å². The summed E-state index contributed by atoms with van der Waals surface area (Å²) < 4.78 is 0.462. The summed E-state index contributed by atoms with van der Waals surface area (Å²) in [4.78, 5) is 17.6. The van der Waals surface area contributed by atoms with Crippen molar-refractivity contribution in [1.29, 1.82) is 0 Å². The third-order valence-corrected chi connectivity index (χ3v) is 4.29. The van der Waals surface area contributed by atoms with Crippen LogP contribution in [0.2, 0.25) is 0 Å². The highest BCUT2D eigenvalue weighted by molar-refractivity contribution is 7.71. The number of carbonyl (C=O) groups excluding carboxylic acids is 1. The zero-order valence-electron chi connectivity index (χ0n) is 13.6. The third kappa shape index (κ3) is 4.50. The fraction of sp³-hybridized carbons (Fsp3) is 0.333. The average molecular weight is 329 g/mol. The number of H-pyrrole nitrogens is 1. The van der Waals surface area contributed by atoms with Crippen LogP contribution in [0, 0.1) is 4.64 Å². The summed E-state index contributed by atoms with van der Waals surface area (Å²) in [6.07, 6.45) is 1.72. The summed E-state index contributed by atoms with van der Waals surface area (Å²) in [5.41, 5.74) is 1.71. The van der Waals surface area contributed by atoms with E-state index in [4.69, 9.17) is 12.2 Å². The van der Waals surface area contributed by atoms with Crippen LogP contribution in [0.4, 0.5) is 0 Å². The van der Waals surface area contributed by atoms with E-state index >= 15 is 0 Å². The highest BCUT2D eigenvalue weighted by Gasteiger charge is 2.19. The molecule has 0 aliphatic rings. The van der Waals surface area contributed by atoms with Crippen molar-refractivity contribution < 1.29 is 4.79 Å². The molecule has 0 radical (unpaired) electrons. The molecular weight excluding hydrogens is 306 g/mol. The van der Waals surface area contributed by atoms with Crippen LogP contribution in [0.15, 0.2) is 48.7 Å². The Kier molecular flexibility index (Phi) is 6.50. The number of rotatable bonds is 7. The maximum absolute atomic E-state index is 12.4. The molecule has 4 nitrogen and oxygen atoms in total. The molecule has 1 amide bonds. The van der Waals surface area contributed by atoms with Gasteiger partial charge in [0, 0.05) is 12.7 Å². The Labute approximate surface area is 142 Å². The molecule has 2 rings (SSSR count). The van der Waals surface area contributed by atoms with Crippen molar-refractivity contribution in [3.8, 4) is 0 Å².